The van der Waals surface area contributed by atoms with Gasteiger partial charge in [-0.25, -0.2) is 18.0 Å². The number of hydrogen-bond acceptors (Lipinski definition) is 8. The van der Waals surface area contributed by atoms with Crippen LogP contribution in [0.5, 0.6) is 0 Å². The van der Waals surface area contributed by atoms with E-state index < -0.39 is 49.7 Å². The summed E-state index contributed by atoms with van der Waals surface area (Å²) in [6.07, 6.45) is 0.455. The van der Waals surface area contributed by atoms with Crippen molar-refractivity contribution in [3.05, 3.63) is 76.4 Å². The van der Waals surface area contributed by atoms with Gasteiger partial charge in [0.1, 0.15) is 5.60 Å². The minimum absolute atomic E-state index is 0.152. The molecule has 0 aromatic heterocycles. The van der Waals surface area contributed by atoms with E-state index in [1.807, 2.05) is 0 Å². The first-order chi connectivity index (χ1) is 18.3. The number of sulfonamides is 1. The number of rotatable bonds is 10. The number of amides is 1. The number of allylic oxidation sites excluding steroid dienone is 1. The van der Waals surface area contributed by atoms with Crippen LogP contribution in [0.15, 0.2) is 65.6 Å². The summed E-state index contributed by atoms with van der Waals surface area (Å²) in [5, 5.41) is 14.0. The number of alkyl carbamates (subject to hydrolysis) is 1. The van der Waals surface area contributed by atoms with E-state index in [1.54, 1.807) is 58.0 Å². The summed E-state index contributed by atoms with van der Waals surface area (Å²) in [5.41, 5.74) is -0.449. The van der Waals surface area contributed by atoms with E-state index in [0.717, 1.165) is 16.4 Å². The first-order valence-corrected chi connectivity index (χ1v) is 13.4. The number of ether oxygens (including phenoxy) is 2. The van der Waals surface area contributed by atoms with Crippen molar-refractivity contribution in [1.82, 2.24) is 9.62 Å². The van der Waals surface area contributed by atoms with E-state index in [-0.39, 0.29) is 19.7 Å². The molecule has 1 amide bonds. The van der Waals surface area contributed by atoms with Gasteiger partial charge in [-0.15, -0.1) is 0 Å². The largest absolute Gasteiger partial charge is 0.463 e. The lowest BCUT2D eigenvalue weighted by atomic mass is 10.1. The van der Waals surface area contributed by atoms with E-state index in [4.69, 9.17) is 9.47 Å². The molecule has 0 radical (unpaired) electrons. The van der Waals surface area contributed by atoms with Gasteiger partial charge < -0.3 is 14.8 Å². The fraction of sp³-hybridized carbons (Fsp3) is 0.333. The van der Waals surface area contributed by atoms with Crippen molar-refractivity contribution in [2.45, 2.75) is 38.2 Å². The first-order valence-electron chi connectivity index (χ1n) is 12.0. The Morgan fingerprint density at radius 3 is 2.36 bits per heavy atom. The van der Waals surface area contributed by atoms with Gasteiger partial charge in [-0.05, 0) is 39.3 Å². The number of esters is 1. The first kappa shape index (κ1) is 31.0. The van der Waals surface area contributed by atoms with Crippen LogP contribution in [0, 0.1) is 22.0 Å². The molecule has 2 aromatic rings. The monoisotopic (exact) mass is 557 g/mol. The molecule has 0 aliphatic carbocycles. The second-order valence-corrected chi connectivity index (χ2v) is 10.9. The molecule has 0 heterocycles. The summed E-state index contributed by atoms with van der Waals surface area (Å²) in [6.45, 7) is 6.07. The summed E-state index contributed by atoms with van der Waals surface area (Å²) in [4.78, 5) is 34.3. The topological polar surface area (TPSA) is 145 Å². The van der Waals surface area contributed by atoms with Crippen LogP contribution >= 0.6 is 0 Å². The molecule has 2 aromatic carbocycles. The number of carbonyl (C=O) groups excluding carboxylic acids is 2. The van der Waals surface area contributed by atoms with Gasteiger partial charge in [0.2, 0.25) is 0 Å². The maximum absolute atomic E-state index is 13.5. The molecule has 39 heavy (non-hydrogen) atoms. The second kappa shape index (κ2) is 14.1. The van der Waals surface area contributed by atoms with Crippen LogP contribution in [0.3, 0.4) is 0 Å². The molecule has 1 N–H and O–H groups in total. The summed E-state index contributed by atoms with van der Waals surface area (Å²) in [5.74, 6) is 4.93. The average molecular weight is 558 g/mol. The normalized spacial score (nSPS) is 11.8. The van der Waals surface area contributed by atoms with Gasteiger partial charge in [0.25, 0.3) is 15.7 Å². The van der Waals surface area contributed by atoms with Gasteiger partial charge in [-0.2, -0.15) is 4.31 Å². The quantitative estimate of drug-likeness (QED) is 0.153. The van der Waals surface area contributed by atoms with E-state index in [2.05, 4.69) is 17.2 Å². The van der Waals surface area contributed by atoms with Crippen LogP contribution in [0.25, 0.3) is 5.57 Å². The molecular weight excluding hydrogens is 526 g/mol. The third kappa shape index (κ3) is 9.88. The zero-order chi connectivity index (χ0) is 29.1. The second-order valence-electron chi connectivity index (χ2n) is 8.97. The lowest BCUT2D eigenvalue weighted by molar-refractivity contribution is -0.387. The predicted molar refractivity (Wildman–Crippen MR) is 145 cm³/mol. The van der Waals surface area contributed by atoms with Crippen LogP contribution in [-0.4, -0.2) is 61.6 Å². The molecule has 0 saturated heterocycles. The van der Waals surface area contributed by atoms with Crippen molar-refractivity contribution in [1.29, 1.82) is 0 Å². The van der Waals surface area contributed by atoms with E-state index in [1.165, 1.54) is 18.2 Å². The van der Waals surface area contributed by atoms with Crippen LogP contribution in [0.4, 0.5) is 10.5 Å². The highest BCUT2D eigenvalue weighted by atomic mass is 32.2. The fourth-order valence-electron chi connectivity index (χ4n) is 3.18. The Morgan fingerprint density at radius 1 is 1.10 bits per heavy atom. The van der Waals surface area contributed by atoms with Crippen molar-refractivity contribution in [3.8, 4) is 11.8 Å². The predicted octanol–water partition coefficient (Wildman–Crippen LogP) is 3.76. The van der Waals surface area contributed by atoms with Gasteiger partial charge >= 0.3 is 12.1 Å². The molecule has 11 nitrogen and oxygen atoms in total. The molecule has 0 atom stereocenters. The standard InChI is InChI=1S/C27H31N3O8S/c1-5-37-25(31)20-22(21-12-7-6-8-13-21)14-11-18-29(19-17-28-26(32)38-27(2,3)4)39(35,36)24-16-10-9-15-23(24)30(33)34/h6-10,12-13,15-16,20H,5,17-19H2,1-4H3,(H,28,32)/b22-20-. The summed E-state index contributed by atoms with van der Waals surface area (Å²) < 4.78 is 38.0. The fourth-order valence-corrected chi connectivity index (χ4v) is 4.68. The lowest BCUT2D eigenvalue weighted by Gasteiger charge is -2.22. The lowest BCUT2D eigenvalue weighted by Crippen LogP contribution is -2.40. The van der Waals surface area contributed by atoms with Crippen molar-refractivity contribution < 1.29 is 32.4 Å². The number of para-hydroxylation sites is 1. The number of nitro groups is 1. The maximum Gasteiger partial charge on any atom is 0.407 e. The number of nitrogens with zero attached hydrogens (tertiary/aromatic N) is 2. The van der Waals surface area contributed by atoms with Crippen LogP contribution in [0.2, 0.25) is 0 Å². The average Bonchev–Trinajstić information content (AvgIpc) is 2.86. The van der Waals surface area contributed by atoms with E-state index >= 15 is 0 Å². The summed E-state index contributed by atoms with van der Waals surface area (Å²) in [7, 11) is -4.42. The third-order valence-electron chi connectivity index (χ3n) is 4.82. The Kier molecular flexibility index (Phi) is 11.2. The van der Waals surface area contributed by atoms with Gasteiger partial charge in [0.05, 0.1) is 18.1 Å². The Bertz CT molecular complexity index is 1370. The zero-order valence-electron chi connectivity index (χ0n) is 22.2. The van der Waals surface area contributed by atoms with Gasteiger partial charge in [0, 0.05) is 30.8 Å². The van der Waals surface area contributed by atoms with Crippen molar-refractivity contribution >= 4 is 33.3 Å². The summed E-state index contributed by atoms with van der Waals surface area (Å²) in [6, 6.07) is 13.7. The SMILES string of the molecule is CCOC(=O)/C=C(/C#CCN(CCNC(=O)OC(C)(C)C)S(=O)(=O)c1ccccc1[N+](=O)[O-])c1ccccc1. The van der Waals surface area contributed by atoms with Crippen LogP contribution in [0.1, 0.15) is 33.3 Å². The van der Waals surface area contributed by atoms with Gasteiger partial charge in [-0.1, -0.05) is 54.3 Å². The highest BCUT2D eigenvalue weighted by molar-refractivity contribution is 7.89. The van der Waals surface area contributed by atoms with E-state index in [9.17, 15) is 28.1 Å². The van der Waals surface area contributed by atoms with Crippen molar-refractivity contribution in [3.63, 3.8) is 0 Å². The number of nitrogens with one attached hydrogen (secondary N) is 1. The molecule has 0 bridgehead atoms. The summed E-state index contributed by atoms with van der Waals surface area (Å²) >= 11 is 0. The molecule has 0 aliphatic heterocycles. The molecule has 208 valence electrons. The zero-order valence-corrected chi connectivity index (χ0v) is 23.0. The number of nitro benzene ring substituents is 1. The molecule has 0 fully saturated rings. The molecule has 0 saturated carbocycles. The van der Waals surface area contributed by atoms with Crippen LogP contribution < -0.4 is 5.32 Å². The Hall–Kier alpha value is -4.21. The smallest absolute Gasteiger partial charge is 0.407 e. The van der Waals surface area contributed by atoms with Gasteiger partial charge in [-0.3, -0.25) is 10.1 Å². The number of carbonyl (C=O) groups is 2. The Labute approximate surface area is 228 Å². The molecule has 12 heteroatoms. The third-order valence-corrected chi connectivity index (χ3v) is 6.71. The Morgan fingerprint density at radius 2 is 1.74 bits per heavy atom. The highest BCUT2D eigenvalue weighted by Crippen LogP contribution is 2.26. The number of hydrogen-bond donors (Lipinski definition) is 1. The molecule has 0 unspecified atom stereocenters. The van der Waals surface area contributed by atoms with Crippen molar-refractivity contribution in [2.24, 2.45) is 0 Å². The highest BCUT2D eigenvalue weighted by Gasteiger charge is 2.31. The minimum Gasteiger partial charge on any atom is -0.463 e. The number of benzene rings is 2. The van der Waals surface area contributed by atoms with Gasteiger partial charge in [0.15, 0.2) is 4.90 Å². The molecule has 2 rings (SSSR count). The molecular formula is C27H31N3O8S. The Balaban J connectivity index is 2.41. The van der Waals surface area contributed by atoms with Crippen LogP contribution in [-0.2, 0) is 24.3 Å². The molecule has 0 spiro atoms. The van der Waals surface area contributed by atoms with Crippen molar-refractivity contribution in [2.75, 3.05) is 26.2 Å². The molecule has 0 aliphatic rings. The maximum atomic E-state index is 13.5. The van der Waals surface area contributed by atoms with E-state index in [0.29, 0.717) is 11.1 Å². The minimum atomic E-state index is -4.42.